The number of benzene rings is 2. The van der Waals surface area contributed by atoms with Crippen LogP contribution in [0.1, 0.15) is 68.6 Å². The molecule has 32 heavy (non-hydrogen) atoms. The number of esters is 1. The van der Waals surface area contributed by atoms with Crippen LogP contribution in [-0.4, -0.2) is 17.5 Å². The van der Waals surface area contributed by atoms with Crippen molar-refractivity contribution in [2.75, 3.05) is 0 Å². The van der Waals surface area contributed by atoms with E-state index in [1.165, 1.54) is 12.1 Å². The second-order valence-corrected chi connectivity index (χ2v) is 8.02. The molecular weight excluding hydrogens is 432 g/mol. The van der Waals surface area contributed by atoms with Crippen molar-refractivity contribution in [3.8, 4) is 0 Å². The molecule has 0 radical (unpaired) electrons. The van der Waals surface area contributed by atoms with E-state index in [4.69, 9.17) is 20.8 Å². The number of hydrogen-bond donors (Lipinski definition) is 0. The first kappa shape index (κ1) is 21.7. The summed E-state index contributed by atoms with van der Waals surface area (Å²) in [7, 11) is 0. The zero-order valence-electron chi connectivity index (χ0n) is 17.4. The molecule has 7 heteroatoms. The molecule has 0 saturated carbocycles. The summed E-state index contributed by atoms with van der Waals surface area (Å²) in [5, 5.41) is -0.159. The summed E-state index contributed by atoms with van der Waals surface area (Å²) in [5.41, 5.74) is 0.239. The Labute approximate surface area is 188 Å². The summed E-state index contributed by atoms with van der Waals surface area (Å²) in [6.45, 7) is 3.56. The van der Waals surface area contributed by atoms with Crippen molar-refractivity contribution in [2.45, 2.75) is 32.8 Å². The third kappa shape index (κ3) is 3.78. The van der Waals surface area contributed by atoms with E-state index in [1.54, 1.807) is 30.3 Å². The van der Waals surface area contributed by atoms with Crippen molar-refractivity contribution in [3.05, 3.63) is 91.8 Å². The van der Waals surface area contributed by atoms with Gasteiger partial charge in [0.2, 0.25) is 5.78 Å². The molecule has 0 aliphatic heterocycles. The molecule has 0 N–H and O–H groups in total. The van der Waals surface area contributed by atoms with Crippen LogP contribution in [0.4, 0.5) is 0 Å². The van der Waals surface area contributed by atoms with Crippen molar-refractivity contribution < 1.29 is 23.5 Å². The predicted molar refractivity (Wildman–Crippen MR) is 119 cm³/mol. The van der Waals surface area contributed by atoms with E-state index in [9.17, 15) is 19.2 Å². The van der Waals surface area contributed by atoms with Gasteiger partial charge >= 0.3 is 5.97 Å². The van der Waals surface area contributed by atoms with E-state index in [0.29, 0.717) is 17.7 Å². The monoisotopic (exact) mass is 450 g/mol. The molecule has 1 aliphatic rings. The molecule has 162 valence electrons. The Hall–Kier alpha value is -3.51. The largest absolute Gasteiger partial charge is 0.460 e. The first-order valence-electron chi connectivity index (χ1n) is 10.1. The molecule has 6 nitrogen and oxygen atoms in total. The zero-order valence-corrected chi connectivity index (χ0v) is 18.2. The van der Waals surface area contributed by atoms with Gasteiger partial charge in [-0.05, 0) is 24.6 Å². The average molecular weight is 451 g/mol. The molecule has 0 spiro atoms. The van der Waals surface area contributed by atoms with E-state index < -0.39 is 17.5 Å². The Morgan fingerprint density at radius 3 is 2.53 bits per heavy atom. The van der Waals surface area contributed by atoms with Crippen LogP contribution in [0.5, 0.6) is 0 Å². The minimum absolute atomic E-state index is 0.0133. The van der Waals surface area contributed by atoms with Crippen LogP contribution < -0.4 is 5.43 Å². The lowest BCUT2D eigenvalue weighted by atomic mass is 9.89. The molecule has 1 aromatic heterocycles. The van der Waals surface area contributed by atoms with Crippen molar-refractivity contribution in [1.82, 2.24) is 0 Å². The number of carbonyl (C=O) groups excluding carboxylic acids is 3. The molecule has 0 saturated heterocycles. The van der Waals surface area contributed by atoms with Gasteiger partial charge < -0.3 is 9.15 Å². The summed E-state index contributed by atoms with van der Waals surface area (Å²) in [4.78, 5) is 50.9. The molecule has 3 aromatic rings. The lowest BCUT2D eigenvalue weighted by Crippen LogP contribution is -2.19. The van der Waals surface area contributed by atoms with Gasteiger partial charge in [0, 0.05) is 29.2 Å². The van der Waals surface area contributed by atoms with Crippen molar-refractivity contribution in [3.63, 3.8) is 0 Å². The van der Waals surface area contributed by atoms with E-state index in [2.05, 4.69) is 0 Å². The summed E-state index contributed by atoms with van der Waals surface area (Å²) in [6, 6.07) is 11.2. The number of halogens is 1. The Balaban J connectivity index is 1.89. The number of ketones is 2. The highest BCUT2D eigenvalue weighted by molar-refractivity contribution is 6.50. The van der Waals surface area contributed by atoms with E-state index in [-0.39, 0.29) is 50.6 Å². The number of hydrogen-bond acceptors (Lipinski definition) is 6. The fraction of sp³-hybridized carbons (Fsp3) is 0.200. The van der Waals surface area contributed by atoms with Crippen LogP contribution in [0.25, 0.3) is 11.0 Å². The number of fused-ring (bicyclic) bond motifs is 3. The topological polar surface area (TPSA) is 90.7 Å². The van der Waals surface area contributed by atoms with Crippen LogP contribution >= 0.6 is 11.6 Å². The van der Waals surface area contributed by atoms with Crippen LogP contribution in [0, 0.1) is 0 Å². The number of rotatable bonds is 5. The molecule has 1 aliphatic carbocycles. The molecule has 1 unspecified atom stereocenters. The number of carbonyl (C=O) groups is 3. The van der Waals surface area contributed by atoms with Crippen molar-refractivity contribution in [1.29, 1.82) is 0 Å². The maximum absolute atomic E-state index is 13.1. The summed E-state index contributed by atoms with van der Waals surface area (Å²) < 4.78 is 11.4. The molecule has 0 fully saturated rings. The highest BCUT2D eigenvalue weighted by atomic mass is 35.5. The maximum Gasteiger partial charge on any atom is 0.338 e. The minimum Gasteiger partial charge on any atom is -0.460 e. The van der Waals surface area contributed by atoms with E-state index in [0.717, 1.165) is 6.08 Å². The van der Waals surface area contributed by atoms with Crippen LogP contribution in [-0.2, 0) is 11.3 Å². The fourth-order valence-electron chi connectivity index (χ4n) is 3.59. The second-order valence-electron chi connectivity index (χ2n) is 7.61. The van der Waals surface area contributed by atoms with Gasteiger partial charge in [-0.1, -0.05) is 43.6 Å². The predicted octanol–water partition coefficient (Wildman–Crippen LogP) is 5.17. The van der Waals surface area contributed by atoms with Crippen LogP contribution in [0.2, 0.25) is 0 Å². The van der Waals surface area contributed by atoms with Gasteiger partial charge in [-0.15, -0.1) is 0 Å². The molecule has 0 amide bonds. The van der Waals surface area contributed by atoms with E-state index >= 15 is 0 Å². The normalized spacial score (nSPS) is 14.2. The van der Waals surface area contributed by atoms with Crippen LogP contribution in [0.15, 0.2) is 62.8 Å². The lowest BCUT2D eigenvalue weighted by Gasteiger charge is -2.18. The van der Waals surface area contributed by atoms with Crippen molar-refractivity contribution in [2.24, 2.45) is 0 Å². The van der Waals surface area contributed by atoms with Gasteiger partial charge in [0.15, 0.2) is 11.2 Å². The zero-order chi connectivity index (χ0) is 23.0. The Morgan fingerprint density at radius 1 is 1.12 bits per heavy atom. The Kier molecular flexibility index (Phi) is 5.80. The second kappa shape index (κ2) is 8.55. The number of Topliss-reactive ketones (excluding diaryl/α,β-unsaturated/α-hetero) is 1. The molecular formula is C25H19ClO6. The van der Waals surface area contributed by atoms with Gasteiger partial charge in [0.25, 0.3) is 0 Å². The maximum atomic E-state index is 13.1. The molecule has 0 bridgehead atoms. The average Bonchev–Trinajstić information content (AvgIpc) is 2.80. The van der Waals surface area contributed by atoms with Gasteiger partial charge in [0.05, 0.1) is 21.5 Å². The van der Waals surface area contributed by atoms with Gasteiger partial charge in [-0.3, -0.25) is 14.4 Å². The fourth-order valence-corrected chi connectivity index (χ4v) is 3.78. The number of allylic oxidation sites excluding steroid dienone is 2. The van der Waals surface area contributed by atoms with Crippen LogP contribution in [0.3, 0.4) is 0 Å². The summed E-state index contributed by atoms with van der Waals surface area (Å²) in [5.74, 6) is -1.34. The lowest BCUT2D eigenvalue weighted by molar-refractivity contribution is 0.0474. The highest BCUT2D eigenvalue weighted by Gasteiger charge is 2.31. The Morgan fingerprint density at radius 2 is 1.84 bits per heavy atom. The SMILES string of the molecule is CCC(C)c1cc(=O)c2c(COC(=O)c3ccccc3)cc3c(c2o1)C(=O)C(Cl)=CC3=O. The van der Waals surface area contributed by atoms with Gasteiger partial charge in [-0.2, -0.15) is 0 Å². The smallest absolute Gasteiger partial charge is 0.338 e. The Bertz CT molecular complexity index is 1350. The highest BCUT2D eigenvalue weighted by Crippen LogP contribution is 2.33. The van der Waals surface area contributed by atoms with Gasteiger partial charge in [-0.25, -0.2) is 4.79 Å². The first-order valence-corrected chi connectivity index (χ1v) is 10.5. The summed E-state index contributed by atoms with van der Waals surface area (Å²) in [6.07, 6.45) is 1.74. The summed E-state index contributed by atoms with van der Waals surface area (Å²) >= 11 is 5.97. The van der Waals surface area contributed by atoms with Crippen molar-refractivity contribution >= 4 is 40.1 Å². The van der Waals surface area contributed by atoms with Gasteiger partial charge in [0.1, 0.15) is 18.0 Å². The number of ether oxygens (including phenoxy) is 1. The quantitative estimate of drug-likeness (QED) is 0.498. The molecule has 1 heterocycles. The first-order chi connectivity index (χ1) is 15.3. The molecule has 2 aromatic carbocycles. The third-order valence-electron chi connectivity index (χ3n) is 5.54. The minimum atomic E-state index is -0.594. The molecule has 4 rings (SSSR count). The standard InChI is InChI=1S/C25H19ClO6/c1-3-13(2)20-11-19(28)21-15(12-31-25(30)14-7-5-4-6-8-14)9-16-18(27)10-17(26)23(29)22(16)24(21)32-20/h4-11,13H,3,12H2,1-2H3. The molecule has 1 atom stereocenters. The van der Waals surface area contributed by atoms with E-state index in [1.807, 2.05) is 13.8 Å². The third-order valence-corrected chi connectivity index (χ3v) is 5.82.